The van der Waals surface area contributed by atoms with E-state index in [9.17, 15) is 14.7 Å². The highest BCUT2D eigenvalue weighted by Crippen LogP contribution is 2.49. The highest BCUT2D eigenvalue weighted by atomic mass is 16.7. The van der Waals surface area contributed by atoms with Gasteiger partial charge < -0.3 is 24.6 Å². The van der Waals surface area contributed by atoms with Gasteiger partial charge in [0.25, 0.3) is 0 Å². The molecule has 8 heteroatoms. The van der Waals surface area contributed by atoms with Crippen molar-refractivity contribution < 1.29 is 28.9 Å². The molecule has 0 unspecified atom stereocenters. The van der Waals surface area contributed by atoms with E-state index >= 15 is 0 Å². The van der Waals surface area contributed by atoms with Gasteiger partial charge in [-0.1, -0.05) is 43.7 Å². The van der Waals surface area contributed by atoms with E-state index < -0.39 is 17.9 Å². The first-order valence-electron chi connectivity index (χ1n) is 14.8. The molecule has 0 bridgehead atoms. The molecule has 3 aliphatic rings. The molecular formula is C34H38N2O6. The Kier molecular flexibility index (Phi) is 7.58. The van der Waals surface area contributed by atoms with Gasteiger partial charge in [-0.05, 0) is 78.3 Å². The van der Waals surface area contributed by atoms with E-state index in [1.807, 2.05) is 36.1 Å². The van der Waals surface area contributed by atoms with Crippen molar-refractivity contribution in [2.75, 3.05) is 31.8 Å². The van der Waals surface area contributed by atoms with Crippen LogP contribution in [0.25, 0.3) is 0 Å². The maximum absolute atomic E-state index is 13.7. The molecule has 2 N–H and O–H groups in total. The lowest BCUT2D eigenvalue weighted by molar-refractivity contribution is -0.143. The molecule has 1 fully saturated rings. The molecule has 0 spiro atoms. The van der Waals surface area contributed by atoms with Crippen molar-refractivity contribution in [2.45, 2.75) is 58.9 Å². The van der Waals surface area contributed by atoms with Crippen LogP contribution in [0.4, 0.5) is 5.69 Å². The van der Waals surface area contributed by atoms with Gasteiger partial charge in [0.1, 0.15) is 5.75 Å². The molecule has 1 amide bonds. The number of anilines is 1. The third kappa shape index (κ3) is 5.09. The summed E-state index contributed by atoms with van der Waals surface area (Å²) in [5.41, 5.74) is 8.07. The average Bonchev–Trinajstić information content (AvgIpc) is 3.70. The molecule has 0 radical (unpaired) electrons. The number of carbonyl (C=O) groups is 2. The zero-order chi connectivity index (χ0) is 29.5. The van der Waals surface area contributed by atoms with Gasteiger partial charge in [-0.25, -0.2) is 0 Å². The first-order chi connectivity index (χ1) is 20.3. The number of nitrogens with zero attached hydrogens (tertiary/aromatic N) is 1. The van der Waals surface area contributed by atoms with Crippen LogP contribution >= 0.6 is 0 Å². The van der Waals surface area contributed by atoms with Crippen molar-refractivity contribution in [2.24, 2.45) is 5.92 Å². The van der Waals surface area contributed by atoms with Crippen LogP contribution in [0.2, 0.25) is 0 Å². The first kappa shape index (κ1) is 28.1. The number of carboxylic acid groups (broad SMARTS) is 1. The maximum atomic E-state index is 13.7. The van der Waals surface area contributed by atoms with Gasteiger partial charge in [0.2, 0.25) is 12.7 Å². The number of aliphatic carboxylic acids is 1. The number of hydrogen-bond donors (Lipinski definition) is 2. The lowest BCUT2D eigenvalue weighted by Crippen LogP contribution is -2.35. The zero-order valence-electron chi connectivity index (χ0n) is 24.7. The van der Waals surface area contributed by atoms with Crippen molar-refractivity contribution in [3.8, 4) is 17.2 Å². The minimum absolute atomic E-state index is 0.0717. The summed E-state index contributed by atoms with van der Waals surface area (Å²) in [6, 6.07) is 13.5. The summed E-state index contributed by atoms with van der Waals surface area (Å²) < 4.78 is 17.0. The van der Waals surface area contributed by atoms with E-state index in [0.717, 1.165) is 64.1 Å². The topological polar surface area (TPSA) is 97.3 Å². The minimum Gasteiger partial charge on any atom is -0.493 e. The Labute approximate surface area is 246 Å². The van der Waals surface area contributed by atoms with Crippen LogP contribution in [0.5, 0.6) is 17.2 Å². The van der Waals surface area contributed by atoms with Crippen LogP contribution in [0.3, 0.4) is 0 Å². The Hall–Kier alpha value is -4.04. The second-order valence-electron chi connectivity index (χ2n) is 11.6. The van der Waals surface area contributed by atoms with Crippen LogP contribution in [-0.2, 0) is 28.9 Å². The monoisotopic (exact) mass is 570 g/mol. The molecule has 3 aromatic rings. The Morgan fingerprint density at radius 1 is 0.952 bits per heavy atom. The summed E-state index contributed by atoms with van der Waals surface area (Å²) in [5.74, 6) is -0.0173. The van der Waals surface area contributed by atoms with Crippen LogP contribution < -0.4 is 19.5 Å². The summed E-state index contributed by atoms with van der Waals surface area (Å²) in [7, 11) is 0. The smallest absolute Gasteiger partial charge is 0.309 e. The highest BCUT2D eigenvalue weighted by Gasteiger charge is 2.48. The number of aryl methyl sites for hydroxylation is 4. The molecule has 0 aliphatic carbocycles. The molecule has 1 saturated heterocycles. The van der Waals surface area contributed by atoms with Crippen molar-refractivity contribution in [3.63, 3.8) is 0 Å². The molecule has 42 heavy (non-hydrogen) atoms. The van der Waals surface area contributed by atoms with Gasteiger partial charge in [-0.3, -0.25) is 14.5 Å². The van der Waals surface area contributed by atoms with Gasteiger partial charge in [0.05, 0.1) is 19.1 Å². The second kappa shape index (κ2) is 11.3. The fourth-order valence-electron chi connectivity index (χ4n) is 6.98. The zero-order valence-corrected chi connectivity index (χ0v) is 24.7. The summed E-state index contributed by atoms with van der Waals surface area (Å²) in [4.78, 5) is 28.8. The fraction of sp³-hybridized carbons (Fsp3) is 0.412. The quantitative estimate of drug-likeness (QED) is 0.365. The van der Waals surface area contributed by atoms with E-state index in [1.54, 1.807) is 0 Å². The number of amides is 1. The summed E-state index contributed by atoms with van der Waals surface area (Å²) >= 11 is 0. The Morgan fingerprint density at radius 2 is 1.67 bits per heavy atom. The average molecular weight is 571 g/mol. The molecular weight excluding hydrogens is 532 g/mol. The van der Waals surface area contributed by atoms with Crippen molar-refractivity contribution in [1.82, 2.24) is 4.90 Å². The largest absolute Gasteiger partial charge is 0.493 e. The number of nitrogens with one attached hydrogen (secondary N) is 1. The third-order valence-electron chi connectivity index (χ3n) is 8.92. The lowest BCUT2D eigenvalue weighted by atomic mass is 9.81. The Balaban J connectivity index is 1.37. The Bertz CT molecular complexity index is 1520. The number of benzene rings is 3. The van der Waals surface area contributed by atoms with Crippen molar-refractivity contribution in [3.05, 3.63) is 81.4 Å². The van der Waals surface area contributed by atoms with E-state index in [-0.39, 0.29) is 25.2 Å². The molecule has 3 heterocycles. The number of carboxylic acids is 1. The first-order valence-corrected chi connectivity index (χ1v) is 14.8. The molecule has 220 valence electrons. The van der Waals surface area contributed by atoms with E-state index in [4.69, 9.17) is 14.2 Å². The highest BCUT2D eigenvalue weighted by molar-refractivity contribution is 5.94. The molecule has 3 aromatic carbocycles. The Morgan fingerprint density at radius 3 is 2.36 bits per heavy atom. The molecule has 3 atom stereocenters. The number of likely N-dealkylation sites (tertiary alicyclic amines) is 1. The van der Waals surface area contributed by atoms with E-state index in [1.165, 1.54) is 5.56 Å². The molecule has 6 rings (SSSR count). The van der Waals surface area contributed by atoms with Gasteiger partial charge in [-0.15, -0.1) is 0 Å². The number of fused-ring (bicyclic) bond motifs is 2. The normalized spacial score (nSPS) is 20.8. The molecule has 3 aliphatic heterocycles. The minimum atomic E-state index is -0.887. The van der Waals surface area contributed by atoms with Crippen molar-refractivity contribution in [1.29, 1.82) is 0 Å². The predicted molar refractivity (Wildman–Crippen MR) is 160 cm³/mol. The molecule has 0 saturated carbocycles. The number of ether oxygens (including phenoxy) is 3. The lowest BCUT2D eigenvalue weighted by Gasteiger charge is -2.27. The second-order valence-corrected chi connectivity index (χ2v) is 11.6. The van der Waals surface area contributed by atoms with Gasteiger partial charge in [0.15, 0.2) is 11.5 Å². The maximum Gasteiger partial charge on any atom is 0.309 e. The third-order valence-corrected chi connectivity index (χ3v) is 8.92. The van der Waals surface area contributed by atoms with E-state index in [0.29, 0.717) is 24.7 Å². The van der Waals surface area contributed by atoms with Gasteiger partial charge >= 0.3 is 5.97 Å². The van der Waals surface area contributed by atoms with Crippen LogP contribution in [0.1, 0.15) is 64.8 Å². The fourth-order valence-corrected chi connectivity index (χ4v) is 6.98. The number of rotatable bonds is 8. The van der Waals surface area contributed by atoms with E-state index in [2.05, 4.69) is 44.3 Å². The van der Waals surface area contributed by atoms with Gasteiger partial charge in [0, 0.05) is 30.6 Å². The predicted octanol–water partition coefficient (Wildman–Crippen LogP) is 5.57. The summed E-state index contributed by atoms with van der Waals surface area (Å²) in [5, 5.41) is 13.9. The standard InChI is InChI=1S/C34H38N2O6/c1-5-21-11-19(3)12-22(6-2)32(21)35-30(37)17-36-16-26(25-15-29-28(13-20(25)4)41-18-42-29)31(34(38)39)33(36)24-7-8-27-23(14-24)9-10-40-27/h7-8,11-15,26,31,33H,5-6,9-10,16-18H2,1-4H3,(H,35,37)(H,38,39)/t26-,31-,33+/m1/s1. The van der Waals surface area contributed by atoms with Gasteiger partial charge in [-0.2, -0.15) is 0 Å². The van der Waals surface area contributed by atoms with Crippen LogP contribution in [0, 0.1) is 19.8 Å². The SMILES string of the molecule is CCc1cc(C)cc(CC)c1NC(=O)CN1C[C@H](c2cc3c(cc2C)OCO3)[C@@H](C(=O)O)[C@@H]1c1ccc2c(c1)CCO2. The summed E-state index contributed by atoms with van der Waals surface area (Å²) in [6.07, 6.45) is 2.40. The van der Waals surface area contributed by atoms with Crippen molar-refractivity contribution >= 4 is 17.6 Å². The van der Waals surface area contributed by atoms with Crippen LogP contribution in [-0.4, -0.2) is 48.4 Å². The number of carbonyl (C=O) groups excluding carboxylic acids is 1. The summed E-state index contributed by atoms with van der Waals surface area (Å²) in [6.45, 7) is 9.48. The van der Waals surface area contributed by atoms with Crippen LogP contribution in [0.15, 0.2) is 42.5 Å². The molecule has 0 aromatic heterocycles. The molecule has 8 nitrogen and oxygen atoms in total. The number of hydrogen-bond acceptors (Lipinski definition) is 6.